The van der Waals surface area contributed by atoms with Crippen LogP contribution in [0, 0.1) is 18.8 Å². The second-order valence-electron chi connectivity index (χ2n) is 8.62. The van der Waals surface area contributed by atoms with E-state index in [0.717, 1.165) is 57.6 Å². The lowest BCUT2D eigenvalue weighted by Crippen LogP contribution is -2.44. The molecule has 2 fully saturated rings. The van der Waals surface area contributed by atoms with Gasteiger partial charge in [-0.15, -0.1) is 0 Å². The summed E-state index contributed by atoms with van der Waals surface area (Å²) < 4.78 is 6.19. The first-order valence-electron chi connectivity index (χ1n) is 11.5. The van der Waals surface area contributed by atoms with E-state index in [2.05, 4.69) is 65.1 Å². The maximum Gasteiger partial charge on any atom is 0.193 e. The minimum atomic E-state index is 0.184. The molecule has 2 heterocycles. The zero-order valence-corrected chi connectivity index (χ0v) is 18.9. The van der Waals surface area contributed by atoms with Gasteiger partial charge in [0.15, 0.2) is 5.96 Å². The topological polar surface area (TPSA) is 40.1 Å². The molecule has 2 aliphatic rings. The van der Waals surface area contributed by atoms with Crippen LogP contribution in [0.25, 0.3) is 0 Å². The van der Waals surface area contributed by atoms with Crippen LogP contribution in [-0.2, 0) is 4.74 Å². The molecule has 0 amide bonds. The van der Waals surface area contributed by atoms with Crippen LogP contribution < -0.4 is 5.32 Å². The molecular weight excluding hydrogens is 360 g/mol. The first-order valence-corrected chi connectivity index (χ1v) is 11.5. The van der Waals surface area contributed by atoms with Crippen molar-refractivity contribution in [2.45, 2.75) is 46.1 Å². The Kier molecular flexibility index (Phi) is 8.37. The van der Waals surface area contributed by atoms with Gasteiger partial charge in [-0.05, 0) is 50.8 Å². The molecule has 0 bridgehead atoms. The zero-order chi connectivity index (χ0) is 20.6. The summed E-state index contributed by atoms with van der Waals surface area (Å²) in [6.45, 7) is 14.1. The zero-order valence-electron chi connectivity index (χ0n) is 18.9. The third-order valence-electron chi connectivity index (χ3n) is 6.58. The van der Waals surface area contributed by atoms with Crippen LogP contribution in [0.2, 0.25) is 0 Å². The van der Waals surface area contributed by atoms with Crippen molar-refractivity contribution < 1.29 is 4.74 Å². The van der Waals surface area contributed by atoms with E-state index in [1.54, 1.807) is 0 Å². The van der Waals surface area contributed by atoms with Gasteiger partial charge in [-0.1, -0.05) is 43.7 Å². The highest BCUT2D eigenvalue weighted by atomic mass is 16.5. The summed E-state index contributed by atoms with van der Waals surface area (Å²) in [5.41, 5.74) is 2.60. The minimum Gasteiger partial charge on any atom is -0.373 e. The van der Waals surface area contributed by atoms with E-state index in [-0.39, 0.29) is 6.10 Å². The largest absolute Gasteiger partial charge is 0.373 e. The number of ether oxygens (including phenoxy) is 1. The molecule has 3 rings (SSSR count). The van der Waals surface area contributed by atoms with E-state index in [0.29, 0.717) is 5.92 Å². The van der Waals surface area contributed by atoms with Crippen molar-refractivity contribution in [1.82, 2.24) is 15.1 Å². The second kappa shape index (κ2) is 11.0. The first-order chi connectivity index (χ1) is 14.1. The van der Waals surface area contributed by atoms with Crippen molar-refractivity contribution in [2.24, 2.45) is 16.8 Å². The monoisotopic (exact) mass is 400 g/mol. The van der Waals surface area contributed by atoms with Crippen LogP contribution in [0.3, 0.4) is 0 Å². The Balaban J connectivity index is 1.55. The Morgan fingerprint density at radius 1 is 1.21 bits per heavy atom. The maximum absolute atomic E-state index is 6.19. The summed E-state index contributed by atoms with van der Waals surface area (Å²) in [6, 6.07) is 8.84. The number of guanidine groups is 1. The molecule has 5 nitrogen and oxygen atoms in total. The molecule has 0 saturated carbocycles. The fourth-order valence-electron chi connectivity index (χ4n) is 4.75. The van der Waals surface area contributed by atoms with E-state index in [4.69, 9.17) is 4.74 Å². The number of nitrogens with zero attached hydrogens (tertiary/aromatic N) is 3. The average Bonchev–Trinajstić information content (AvgIpc) is 3.22. The second-order valence-corrected chi connectivity index (χ2v) is 8.62. The number of benzene rings is 1. The summed E-state index contributed by atoms with van der Waals surface area (Å²) in [5.74, 6) is 2.28. The van der Waals surface area contributed by atoms with E-state index in [9.17, 15) is 0 Å². The van der Waals surface area contributed by atoms with Crippen LogP contribution >= 0.6 is 0 Å². The molecule has 3 unspecified atom stereocenters. The van der Waals surface area contributed by atoms with Gasteiger partial charge in [0, 0.05) is 45.8 Å². The highest BCUT2D eigenvalue weighted by Crippen LogP contribution is 2.33. The smallest absolute Gasteiger partial charge is 0.193 e. The molecule has 3 atom stereocenters. The molecule has 0 radical (unpaired) electrons. The molecule has 2 saturated heterocycles. The van der Waals surface area contributed by atoms with Gasteiger partial charge >= 0.3 is 0 Å². The van der Waals surface area contributed by atoms with Crippen LogP contribution in [0.15, 0.2) is 29.3 Å². The third-order valence-corrected chi connectivity index (χ3v) is 6.58. The normalized spacial score (nSPS) is 25.6. The lowest BCUT2D eigenvalue weighted by Gasteiger charge is -2.33. The fraction of sp³-hybridized carbons (Fsp3) is 0.708. The van der Waals surface area contributed by atoms with E-state index < -0.39 is 0 Å². The summed E-state index contributed by atoms with van der Waals surface area (Å²) >= 11 is 0. The molecule has 2 aliphatic heterocycles. The Hall–Kier alpha value is -1.59. The van der Waals surface area contributed by atoms with Gasteiger partial charge < -0.3 is 19.9 Å². The van der Waals surface area contributed by atoms with Crippen LogP contribution in [-0.4, -0.2) is 68.7 Å². The predicted molar refractivity (Wildman–Crippen MR) is 121 cm³/mol. The van der Waals surface area contributed by atoms with E-state index in [1.807, 2.05) is 7.05 Å². The van der Waals surface area contributed by atoms with E-state index >= 15 is 0 Å². The molecule has 162 valence electrons. The molecule has 5 heteroatoms. The summed E-state index contributed by atoms with van der Waals surface area (Å²) in [4.78, 5) is 9.58. The van der Waals surface area contributed by atoms with Crippen molar-refractivity contribution in [1.29, 1.82) is 0 Å². The number of likely N-dealkylation sites (tertiary alicyclic amines) is 1. The number of hydrogen-bond donors (Lipinski definition) is 1. The third kappa shape index (κ3) is 5.95. The van der Waals surface area contributed by atoms with Crippen molar-refractivity contribution in [3.63, 3.8) is 0 Å². The lowest BCUT2D eigenvalue weighted by molar-refractivity contribution is -0.0266. The molecule has 0 aromatic heterocycles. The predicted octanol–water partition coefficient (Wildman–Crippen LogP) is 3.70. The number of rotatable bonds is 7. The van der Waals surface area contributed by atoms with E-state index in [1.165, 1.54) is 30.5 Å². The Morgan fingerprint density at radius 3 is 2.66 bits per heavy atom. The SMILES string of the molecule is CCN(CC)CC1CCN(C(=NC)NCC2CCCOC2c2ccc(C)cc2)C1. The highest BCUT2D eigenvalue weighted by molar-refractivity contribution is 5.80. The molecule has 1 N–H and O–H groups in total. The first kappa shape index (κ1) is 22.1. The highest BCUT2D eigenvalue weighted by Gasteiger charge is 2.30. The van der Waals surface area contributed by atoms with Gasteiger partial charge in [0.2, 0.25) is 0 Å². The van der Waals surface area contributed by atoms with Crippen LogP contribution in [0.4, 0.5) is 0 Å². The molecule has 29 heavy (non-hydrogen) atoms. The Bertz CT molecular complexity index is 641. The summed E-state index contributed by atoms with van der Waals surface area (Å²) in [6.07, 6.45) is 3.79. The van der Waals surface area contributed by atoms with Gasteiger partial charge in [-0.3, -0.25) is 4.99 Å². The van der Waals surface area contributed by atoms with Crippen molar-refractivity contribution in [3.05, 3.63) is 35.4 Å². The summed E-state index contributed by atoms with van der Waals surface area (Å²) in [7, 11) is 1.91. The molecule has 0 aliphatic carbocycles. The van der Waals surface area contributed by atoms with Gasteiger partial charge in [0.25, 0.3) is 0 Å². The Labute approximate surface area is 177 Å². The number of aliphatic imine (C=N–C) groups is 1. The lowest BCUT2D eigenvalue weighted by atomic mass is 9.89. The molecular formula is C24H40N4O. The van der Waals surface area contributed by atoms with Gasteiger partial charge in [0.05, 0.1) is 6.10 Å². The molecule has 1 aromatic carbocycles. The van der Waals surface area contributed by atoms with Crippen LogP contribution in [0.1, 0.15) is 50.3 Å². The number of aryl methyl sites for hydroxylation is 1. The maximum atomic E-state index is 6.19. The van der Waals surface area contributed by atoms with Gasteiger partial charge in [-0.25, -0.2) is 0 Å². The Morgan fingerprint density at radius 2 is 1.97 bits per heavy atom. The molecule has 0 spiro atoms. The summed E-state index contributed by atoms with van der Waals surface area (Å²) in [5, 5.41) is 3.68. The fourth-order valence-corrected chi connectivity index (χ4v) is 4.75. The average molecular weight is 401 g/mol. The van der Waals surface area contributed by atoms with Gasteiger partial charge in [-0.2, -0.15) is 0 Å². The quantitative estimate of drug-likeness (QED) is 0.560. The van der Waals surface area contributed by atoms with Crippen molar-refractivity contribution in [3.8, 4) is 0 Å². The van der Waals surface area contributed by atoms with Crippen molar-refractivity contribution in [2.75, 3.05) is 52.9 Å². The number of hydrogen-bond acceptors (Lipinski definition) is 3. The standard InChI is InChI=1S/C24H40N4O/c1-5-27(6-2)17-20-13-14-28(18-20)24(25-4)26-16-22-8-7-15-29-23(22)21-11-9-19(3)10-12-21/h9-12,20,22-23H,5-8,13-18H2,1-4H3,(H,25,26). The minimum absolute atomic E-state index is 0.184. The molecule has 1 aromatic rings. The number of nitrogens with one attached hydrogen (secondary N) is 1. The van der Waals surface area contributed by atoms with Crippen molar-refractivity contribution >= 4 is 5.96 Å². The van der Waals surface area contributed by atoms with Crippen LogP contribution in [0.5, 0.6) is 0 Å². The van der Waals surface area contributed by atoms with Gasteiger partial charge in [0.1, 0.15) is 0 Å².